The number of carbonyl (C=O) groups is 1. The number of nitrogens with zero attached hydrogens (tertiary/aromatic N) is 2. The predicted octanol–water partition coefficient (Wildman–Crippen LogP) is 3.18. The zero-order chi connectivity index (χ0) is 15.4. The van der Waals surface area contributed by atoms with Gasteiger partial charge in [0.2, 0.25) is 0 Å². The Bertz CT molecular complexity index is 675. The van der Waals surface area contributed by atoms with Gasteiger partial charge in [0.25, 0.3) is 0 Å². The van der Waals surface area contributed by atoms with E-state index in [1.807, 2.05) is 43.3 Å². The molecule has 0 saturated carbocycles. The first kappa shape index (κ1) is 15.3. The summed E-state index contributed by atoms with van der Waals surface area (Å²) in [5, 5.41) is 4.91. The maximum atomic E-state index is 11.5. The summed E-state index contributed by atoms with van der Waals surface area (Å²) in [5.74, 6) is -0.316. The van der Waals surface area contributed by atoms with E-state index in [0.29, 0.717) is 5.03 Å². The van der Waals surface area contributed by atoms with Gasteiger partial charge in [-0.2, -0.15) is 5.10 Å². The zero-order valence-electron chi connectivity index (χ0n) is 12.3. The lowest BCUT2D eigenvalue weighted by atomic mass is 10.1. The third-order valence-electron chi connectivity index (χ3n) is 3.21. The second-order valence-corrected chi connectivity index (χ2v) is 5.09. The van der Waals surface area contributed by atoms with E-state index in [1.165, 1.54) is 7.11 Å². The van der Waals surface area contributed by atoms with Crippen LogP contribution in [0.3, 0.4) is 0 Å². The molecule has 110 valence electrons. The molecule has 1 aromatic carbocycles. The van der Waals surface area contributed by atoms with Crippen LogP contribution in [0.4, 0.5) is 0 Å². The number of hydrogen-bond acceptors (Lipinski definition) is 3. The Morgan fingerprint density at radius 1 is 1.38 bits per heavy atom. The maximum absolute atomic E-state index is 11.5. The fourth-order valence-corrected chi connectivity index (χ4v) is 2.57. The van der Waals surface area contributed by atoms with E-state index < -0.39 is 0 Å². The molecule has 0 aliphatic heterocycles. The molecule has 0 N–H and O–H groups in total. The van der Waals surface area contributed by atoms with Gasteiger partial charge in [-0.3, -0.25) is 9.48 Å². The molecule has 0 unspecified atom stereocenters. The summed E-state index contributed by atoms with van der Waals surface area (Å²) in [6.07, 6.45) is 2.01. The molecule has 5 heteroatoms. The second kappa shape index (κ2) is 6.59. The molecule has 0 radical (unpaired) electrons. The quantitative estimate of drug-likeness (QED) is 0.815. The van der Waals surface area contributed by atoms with Crippen molar-refractivity contribution in [2.45, 2.75) is 13.3 Å². The van der Waals surface area contributed by atoms with Gasteiger partial charge >= 0.3 is 5.97 Å². The van der Waals surface area contributed by atoms with Crippen LogP contribution < -0.4 is 0 Å². The minimum absolute atomic E-state index is 0.141. The van der Waals surface area contributed by atoms with Crippen molar-refractivity contribution in [1.29, 1.82) is 0 Å². The number of halogens is 1. The monoisotopic (exact) mass is 304 g/mol. The van der Waals surface area contributed by atoms with E-state index in [-0.39, 0.29) is 12.4 Å². The van der Waals surface area contributed by atoms with Gasteiger partial charge in [0.1, 0.15) is 0 Å². The number of rotatable bonds is 4. The Morgan fingerprint density at radius 2 is 2.05 bits per heavy atom. The van der Waals surface area contributed by atoms with Gasteiger partial charge in [-0.05, 0) is 18.6 Å². The number of benzene rings is 1. The van der Waals surface area contributed by atoms with Crippen molar-refractivity contribution in [3.63, 3.8) is 0 Å². The lowest BCUT2D eigenvalue weighted by Crippen LogP contribution is -2.10. The van der Waals surface area contributed by atoms with Crippen LogP contribution in [0.2, 0.25) is 0 Å². The normalized spacial score (nSPS) is 11.5. The van der Waals surface area contributed by atoms with Gasteiger partial charge < -0.3 is 4.74 Å². The Hall–Kier alpha value is -2.07. The fraction of sp³-hybridized carbons (Fsp3) is 0.250. The van der Waals surface area contributed by atoms with Crippen LogP contribution in [0.1, 0.15) is 22.5 Å². The summed E-state index contributed by atoms with van der Waals surface area (Å²) in [6.45, 7) is 1.87. The third kappa shape index (κ3) is 3.52. The maximum Gasteiger partial charge on any atom is 0.311 e. The predicted molar refractivity (Wildman–Crippen MR) is 83.8 cm³/mol. The van der Waals surface area contributed by atoms with Gasteiger partial charge in [-0.25, -0.2) is 0 Å². The highest BCUT2D eigenvalue weighted by atomic mass is 35.5. The molecule has 0 atom stereocenters. The minimum Gasteiger partial charge on any atom is -0.469 e. The summed E-state index contributed by atoms with van der Waals surface area (Å²) in [6, 6.07) is 9.77. The number of aryl methyl sites for hydroxylation is 2. The largest absolute Gasteiger partial charge is 0.469 e. The molecule has 4 nitrogen and oxygen atoms in total. The number of carbonyl (C=O) groups excluding carboxylic acids is 1. The molecular weight excluding hydrogens is 288 g/mol. The molecule has 2 rings (SSSR count). The summed E-state index contributed by atoms with van der Waals surface area (Å²) in [5.41, 5.74) is 3.31. The Morgan fingerprint density at radius 3 is 2.67 bits per heavy atom. The number of hydrogen-bond donors (Lipinski definition) is 0. The lowest BCUT2D eigenvalue weighted by molar-refractivity contribution is -0.139. The van der Waals surface area contributed by atoms with Crippen molar-refractivity contribution in [3.05, 3.63) is 52.8 Å². The molecule has 0 fully saturated rings. The number of esters is 1. The second-order valence-electron chi connectivity index (χ2n) is 4.69. The van der Waals surface area contributed by atoms with E-state index in [2.05, 4.69) is 5.10 Å². The summed E-state index contributed by atoms with van der Waals surface area (Å²) >= 11 is 6.45. The molecular formula is C16H17ClN2O2. The van der Waals surface area contributed by atoms with Crippen molar-refractivity contribution in [2.24, 2.45) is 7.05 Å². The number of aromatic nitrogens is 2. The number of ether oxygens (including phenoxy) is 1. The van der Waals surface area contributed by atoms with Crippen LogP contribution in [0.25, 0.3) is 11.1 Å². The summed E-state index contributed by atoms with van der Waals surface area (Å²) in [4.78, 5) is 11.5. The van der Waals surface area contributed by atoms with Gasteiger partial charge in [0.15, 0.2) is 0 Å². The van der Waals surface area contributed by atoms with E-state index in [9.17, 15) is 4.79 Å². The molecule has 0 bridgehead atoms. The first-order valence-electron chi connectivity index (χ1n) is 6.55. The van der Waals surface area contributed by atoms with Crippen molar-refractivity contribution in [2.75, 3.05) is 7.11 Å². The highest BCUT2D eigenvalue weighted by Gasteiger charge is 2.18. The molecule has 1 heterocycles. The SMILES string of the molecule is COC(=O)Cc1c(C(Cl)=Cc2ccccc2)c(C)nn1C. The summed E-state index contributed by atoms with van der Waals surface area (Å²) in [7, 11) is 3.16. The van der Waals surface area contributed by atoms with Gasteiger partial charge in [0, 0.05) is 12.6 Å². The van der Waals surface area contributed by atoms with E-state index in [1.54, 1.807) is 11.7 Å². The highest BCUT2D eigenvalue weighted by molar-refractivity contribution is 6.51. The van der Waals surface area contributed by atoms with Crippen LogP contribution >= 0.6 is 11.6 Å². The van der Waals surface area contributed by atoms with Crippen molar-refractivity contribution in [1.82, 2.24) is 9.78 Å². The molecule has 0 amide bonds. The Labute approximate surface area is 129 Å². The zero-order valence-corrected chi connectivity index (χ0v) is 13.0. The fourth-order valence-electron chi connectivity index (χ4n) is 2.20. The van der Waals surface area contributed by atoms with Gasteiger partial charge in [-0.1, -0.05) is 41.9 Å². The van der Waals surface area contributed by atoms with Crippen molar-refractivity contribution in [3.8, 4) is 0 Å². The van der Waals surface area contributed by atoms with E-state index >= 15 is 0 Å². The van der Waals surface area contributed by atoms with Crippen LogP contribution in [0.15, 0.2) is 30.3 Å². The molecule has 0 saturated heterocycles. The smallest absolute Gasteiger partial charge is 0.311 e. The molecule has 0 spiro atoms. The van der Waals surface area contributed by atoms with Crippen LogP contribution in [-0.2, 0) is 23.0 Å². The molecule has 21 heavy (non-hydrogen) atoms. The topological polar surface area (TPSA) is 44.1 Å². The molecule has 0 aliphatic rings. The van der Waals surface area contributed by atoms with Crippen molar-refractivity contribution < 1.29 is 9.53 Å². The van der Waals surface area contributed by atoms with Crippen molar-refractivity contribution >= 4 is 28.7 Å². The average molecular weight is 305 g/mol. The minimum atomic E-state index is -0.316. The van der Waals surface area contributed by atoms with Gasteiger partial charge in [-0.15, -0.1) is 0 Å². The Balaban J connectivity index is 2.43. The van der Waals surface area contributed by atoms with E-state index in [4.69, 9.17) is 16.3 Å². The lowest BCUT2D eigenvalue weighted by Gasteiger charge is -2.05. The molecule has 0 aliphatic carbocycles. The van der Waals surface area contributed by atoms with Gasteiger partial charge in [0.05, 0.1) is 30.0 Å². The van der Waals surface area contributed by atoms with Crippen LogP contribution in [-0.4, -0.2) is 22.9 Å². The van der Waals surface area contributed by atoms with Crippen LogP contribution in [0, 0.1) is 6.92 Å². The molecule has 1 aromatic heterocycles. The Kier molecular flexibility index (Phi) is 4.81. The first-order chi connectivity index (χ1) is 10.0. The first-order valence-corrected chi connectivity index (χ1v) is 6.92. The number of methoxy groups -OCH3 is 1. The third-order valence-corrected chi connectivity index (χ3v) is 3.51. The summed E-state index contributed by atoms with van der Waals surface area (Å²) < 4.78 is 6.40. The molecule has 2 aromatic rings. The van der Waals surface area contributed by atoms with E-state index in [0.717, 1.165) is 22.5 Å². The average Bonchev–Trinajstić information content (AvgIpc) is 2.74. The standard InChI is InChI=1S/C16H17ClN2O2/c1-11-16(13(17)9-12-7-5-4-6-8-12)14(19(2)18-11)10-15(20)21-3/h4-9H,10H2,1-3H3. The van der Waals surface area contributed by atoms with Crippen LogP contribution in [0.5, 0.6) is 0 Å². The highest BCUT2D eigenvalue weighted by Crippen LogP contribution is 2.28.